The Balaban J connectivity index is 1.50. The van der Waals surface area contributed by atoms with Crippen LogP contribution < -0.4 is 5.69 Å². The Morgan fingerprint density at radius 2 is 1.88 bits per heavy atom. The number of nitrogens with zero attached hydrogens (tertiary/aromatic N) is 4. The number of fused-ring (bicyclic) bond motifs is 2. The van der Waals surface area contributed by atoms with Gasteiger partial charge >= 0.3 is 5.69 Å². The number of aromatic amines is 1. The zero-order valence-electron chi connectivity index (χ0n) is 19.9. The Hall–Kier alpha value is -3.19. The highest BCUT2D eigenvalue weighted by Gasteiger charge is 2.23. The lowest BCUT2D eigenvalue weighted by atomic mass is 10.0. The van der Waals surface area contributed by atoms with Crippen molar-refractivity contribution in [3.8, 4) is 11.1 Å². The summed E-state index contributed by atoms with van der Waals surface area (Å²) in [4.78, 5) is 26.6. The lowest BCUT2D eigenvalue weighted by Gasteiger charge is -2.22. The van der Waals surface area contributed by atoms with E-state index in [-0.39, 0.29) is 5.69 Å². The van der Waals surface area contributed by atoms with Gasteiger partial charge in [-0.15, -0.1) is 0 Å². The number of pyridine rings is 2. The second kappa shape index (κ2) is 8.55. The average molecular weight is 458 g/mol. The normalized spacial score (nSPS) is 17.5. The Bertz CT molecular complexity index is 1470. The first-order valence-electron chi connectivity index (χ1n) is 12.4. The third kappa shape index (κ3) is 3.59. The number of hydrogen-bond donors (Lipinski definition) is 1. The van der Waals surface area contributed by atoms with Gasteiger partial charge in [0.1, 0.15) is 5.65 Å². The molecule has 0 bridgehead atoms. The molecule has 4 aromatic heterocycles. The van der Waals surface area contributed by atoms with Crippen LogP contribution in [0.3, 0.4) is 0 Å². The molecule has 5 heterocycles. The van der Waals surface area contributed by atoms with Gasteiger partial charge in [0.2, 0.25) is 0 Å². The summed E-state index contributed by atoms with van der Waals surface area (Å²) < 4.78 is 9.37. The Morgan fingerprint density at radius 1 is 1.09 bits per heavy atom. The molecular weight excluding hydrogens is 426 g/mol. The maximum Gasteiger partial charge on any atom is 0.334 e. The van der Waals surface area contributed by atoms with Gasteiger partial charge in [-0.05, 0) is 76.0 Å². The van der Waals surface area contributed by atoms with E-state index in [2.05, 4.69) is 42.0 Å². The molecule has 0 aromatic carbocycles. The minimum atomic E-state index is 0.0324. The molecule has 0 spiro atoms. The highest BCUT2D eigenvalue weighted by Crippen LogP contribution is 2.30. The van der Waals surface area contributed by atoms with E-state index in [1.54, 1.807) is 0 Å². The van der Waals surface area contributed by atoms with E-state index < -0.39 is 0 Å². The predicted octanol–water partition coefficient (Wildman–Crippen LogP) is 5.20. The van der Waals surface area contributed by atoms with E-state index in [4.69, 9.17) is 9.72 Å². The molecular formula is C27H31N5O2. The first kappa shape index (κ1) is 21.4. The molecule has 1 fully saturated rings. The van der Waals surface area contributed by atoms with Gasteiger partial charge in [-0.25, -0.2) is 19.3 Å². The van der Waals surface area contributed by atoms with Gasteiger partial charge in [-0.1, -0.05) is 6.08 Å². The van der Waals surface area contributed by atoms with Gasteiger partial charge in [0, 0.05) is 60.1 Å². The summed E-state index contributed by atoms with van der Waals surface area (Å²) in [6.45, 7) is 6.44. The maximum atomic E-state index is 13.7. The van der Waals surface area contributed by atoms with Crippen LogP contribution in [0.5, 0.6) is 0 Å². The van der Waals surface area contributed by atoms with Crippen LogP contribution in [0.1, 0.15) is 49.8 Å². The van der Waals surface area contributed by atoms with Crippen molar-refractivity contribution in [3.05, 3.63) is 52.3 Å². The molecule has 0 amide bonds. The topological polar surface area (TPSA) is 77.7 Å². The molecule has 7 nitrogen and oxygen atoms in total. The summed E-state index contributed by atoms with van der Waals surface area (Å²) in [6.07, 6.45) is 12.2. The Labute approximate surface area is 198 Å². The Kier molecular flexibility index (Phi) is 5.37. The van der Waals surface area contributed by atoms with Crippen molar-refractivity contribution >= 4 is 27.9 Å². The zero-order valence-corrected chi connectivity index (χ0v) is 19.9. The number of nitrogens with one attached hydrogen (secondary N) is 1. The summed E-state index contributed by atoms with van der Waals surface area (Å²) in [7, 11) is 0. The van der Waals surface area contributed by atoms with Gasteiger partial charge in [0.25, 0.3) is 0 Å². The third-order valence-corrected chi connectivity index (χ3v) is 7.60. The molecule has 2 aliphatic rings. The summed E-state index contributed by atoms with van der Waals surface area (Å²) in [5.74, 6) is 0.443. The van der Waals surface area contributed by atoms with Crippen LogP contribution in [0.15, 0.2) is 35.4 Å². The molecule has 6 rings (SSSR count). The number of H-pyrrole nitrogens is 1. The second-order valence-corrected chi connectivity index (χ2v) is 9.79. The van der Waals surface area contributed by atoms with Crippen LogP contribution >= 0.6 is 0 Å². The smallest absolute Gasteiger partial charge is 0.334 e. The fourth-order valence-corrected chi connectivity index (χ4v) is 5.42. The van der Waals surface area contributed by atoms with Crippen molar-refractivity contribution in [2.24, 2.45) is 5.92 Å². The van der Waals surface area contributed by atoms with Gasteiger partial charge in [0.05, 0.1) is 5.52 Å². The second-order valence-electron chi connectivity index (χ2n) is 9.79. The molecule has 0 atom stereocenters. The maximum absolute atomic E-state index is 13.7. The van der Waals surface area contributed by atoms with Crippen LogP contribution in [0.2, 0.25) is 0 Å². The molecule has 4 aromatic rings. The summed E-state index contributed by atoms with van der Waals surface area (Å²) in [6, 6.07) is 4.30. The minimum Gasteiger partial charge on any atom is -0.381 e. The van der Waals surface area contributed by atoms with Gasteiger partial charge in [-0.3, -0.25) is 4.57 Å². The zero-order chi connectivity index (χ0) is 23.2. The molecule has 1 aliphatic heterocycles. The molecule has 1 saturated heterocycles. The van der Waals surface area contributed by atoms with Crippen LogP contribution in [0.4, 0.5) is 0 Å². The van der Waals surface area contributed by atoms with E-state index in [1.807, 2.05) is 21.5 Å². The van der Waals surface area contributed by atoms with E-state index in [0.717, 1.165) is 90.0 Å². The SMILES string of the molecule is Cc1[nH]c2ncc(-c3cnc4c(c3)n(CC3CCOCC3)c(=O)n4C3=CCCCC3)cc2c1C. The number of ether oxygens (including phenoxy) is 1. The monoisotopic (exact) mass is 457 g/mol. The van der Waals surface area contributed by atoms with E-state index in [0.29, 0.717) is 12.5 Å². The average Bonchev–Trinajstić information content (AvgIpc) is 3.31. The standard InChI is InChI=1S/C27H31N5O2/c1-17-18(2)30-25-23(17)12-20(14-28-25)21-13-24-26(29-15-21)32(22-6-4-3-5-7-22)27(33)31(24)16-19-8-10-34-11-9-19/h6,12-15,19H,3-5,7-11,16H2,1-2H3,(H,28,30). The minimum absolute atomic E-state index is 0.0324. The van der Waals surface area contributed by atoms with Gasteiger partial charge < -0.3 is 9.72 Å². The van der Waals surface area contributed by atoms with Gasteiger partial charge in [0.15, 0.2) is 5.65 Å². The van der Waals surface area contributed by atoms with Crippen LogP contribution in [0.25, 0.3) is 39.0 Å². The molecule has 0 radical (unpaired) electrons. The van der Waals surface area contributed by atoms with Crippen molar-refractivity contribution in [1.29, 1.82) is 0 Å². The number of aryl methyl sites for hydroxylation is 2. The summed E-state index contributed by atoms with van der Waals surface area (Å²) in [5.41, 5.74) is 8.04. The highest BCUT2D eigenvalue weighted by atomic mass is 16.5. The fourth-order valence-electron chi connectivity index (χ4n) is 5.42. The van der Waals surface area contributed by atoms with Crippen LogP contribution in [0, 0.1) is 19.8 Å². The molecule has 1 aliphatic carbocycles. The third-order valence-electron chi connectivity index (χ3n) is 7.60. The van der Waals surface area contributed by atoms with E-state index >= 15 is 0 Å². The Morgan fingerprint density at radius 3 is 2.68 bits per heavy atom. The largest absolute Gasteiger partial charge is 0.381 e. The summed E-state index contributed by atoms with van der Waals surface area (Å²) >= 11 is 0. The van der Waals surface area contributed by atoms with E-state index in [9.17, 15) is 4.79 Å². The number of imidazole rings is 1. The van der Waals surface area contributed by atoms with Gasteiger partial charge in [-0.2, -0.15) is 0 Å². The van der Waals surface area contributed by atoms with Crippen LogP contribution in [-0.2, 0) is 11.3 Å². The van der Waals surface area contributed by atoms with Crippen molar-refractivity contribution < 1.29 is 4.74 Å². The molecule has 0 unspecified atom stereocenters. The predicted molar refractivity (Wildman–Crippen MR) is 135 cm³/mol. The molecule has 34 heavy (non-hydrogen) atoms. The number of hydrogen-bond acceptors (Lipinski definition) is 4. The summed E-state index contributed by atoms with van der Waals surface area (Å²) in [5, 5.41) is 1.12. The van der Waals surface area contributed by atoms with Crippen molar-refractivity contribution in [2.45, 2.75) is 58.9 Å². The van der Waals surface area contributed by atoms with Crippen LogP contribution in [-0.4, -0.2) is 37.3 Å². The van der Waals surface area contributed by atoms with Crippen molar-refractivity contribution in [3.63, 3.8) is 0 Å². The fraction of sp³-hybridized carbons (Fsp3) is 0.444. The lowest BCUT2D eigenvalue weighted by molar-refractivity contribution is 0.0613. The van der Waals surface area contributed by atoms with E-state index in [1.165, 1.54) is 12.0 Å². The molecule has 0 saturated carbocycles. The number of allylic oxidation sites excluding steroid dienone is 2. The number of rotatable bonds is 4. The van der Waals surface area contributed by atoms with Crippen molar-refractivity contribution in [1.82, 2.24) is 24.1 Å². The lowest BCUT2D eigenvalue weighted by Crippen LogP contribution is -2.29. The highest BCUT2D eigenvalue weighted by molar-refractivity contribution is 5.87. The first-order valence-corrected chi connectivity index (χ1v) is 12.4. The quantitative estimate of drug-likeness (QED) is 0.457. The molecule has 176 valence electrons. The molecule has 7 heteroatoms. The molecule has 1 N–H and O–H groups in total. The first-order chi connectivity index (χ1) is 16.6. The van der Waals surface area contributed by atoms with Crippen molar-refractivity contribution in [2.75, 3.05) is 13.2 Å². The number of aromatic nitrogens is 5.